The molecule has 0 aliphatic heterocycles. The molecule has 1 nitrogen and oxygen atoms in total. The predicted molar refractivity (Wildman–Crippen MR) is 74.9 cm³/mol. The summed E-state index contributed by atoms with van der Waals surface area (Å²) in [6.07, 6.45) is 0. The van der Waals surface area contributed by atoms with Crippen molar-refractivity contribution in [2.24, 2.45) is 11.7 Å². The molecule has 0 radical (unpaired) electrons. The highest BCUT2D eigenvalue weighted by atomic mass is 32.2. The van der Waals surface area contributed by atoms with Crippen molar-refractivity contribution in [2.75, 3.05) is 5.75 Å². The molecule has 0 aliphatic carbocycles. The highest BCUT2D eigenvalue weighted by Crippen LogP contribution is 2.25. The number of thioether (sulfide) groups is 1. The zero-order valence-corrected chi connectivity index (χ0v) is 11.6. The minimum Gasteiger partial charge on any atom is -0.323 e. The summed E-state index contributed by atoms with van der Waals surface area (Å²) < 4.78 is 0. The molecule has 0 aliphatic rings. The van der Waals surface area contributed by atoms with Gasteiger partial charge >= 0.3 is 0 Å². The van der Waals surface area contributed by atoms with E-state index >= 15 is 0 Å². The first-order valence-corrected chi connectivity index (χ1v) is 7.00. The lowest BCUT2D eigenvalue weighted by Gasteiger charge is -2.19. The standard InChI is InChI=1S/C14H23NS/c1-10(2)12(4)16-9-14(15)13-8-6-5-7-11(13)3/h5-8,10,12,14H,9,15H2,1-4H3. The molecule has 0 fully saturated rings. The monoisotopic (exact) mass is 237 g/mol. The van der Waals surface area contributed by atoms with Gasteiger partial charge in [0.15, 0.2) is 0 Å². The Balaban J connectivity index is 2.53. The number of nitrogens with two attached hydrogens (primary N) is 1. The number of hydrogen-bond acceptors (Lipinski definition) is 2. The fourth-order valence-corrected chi connectivity index (χ4v) is 2.62. The lowest BCUT2D eigenvalue weighted by Crippen LogP contribution is -2.17. The largest absolute Gasteiger partial charge is 0.323 e. The molecule has 1 aromatic carbocycles. The zero-order chi connectivity index (χ0) is 12.1. The van der Waals surface area contributed by atoms with E-state index < -0.39 is 0 Å². The molecular formula is C14H23NS. The van der Waals surface area contributed by atoms with Crippen LogP contribution in [-0.4, -0.2) is 11.0 Å². The maximum absolute atomic E-state index is 6.22. The maximum atomic E-state index is 6.22. The summed E-state index contributed by atoms with van der Waals surface area (Å²) in [5.74, 6) is 1.72. The molecule has 2 N–H and O–H groups in total. The summed E-state index contributed by atoms with van der Waals surface area (Å²) in [6, 6.07) is 8.56. The summed E-state index contributed by atoms with van der Waals surface area (Å²) in [7, 11) is 0. The number of aryl methyl sites for hydroxylation is 1. The Morgan fingerprint density at radius 3 is 2.38 bits per heavy atom. The van der Waals surface area contributed by atoms with Gasteiger partial charge in [-0.3, -0.25) is 0 Å². The van der Waals surface area contributed by atoms with Crippen LogP contribution in [-0.2, 0) is 0 Å². The number of rotatable bonds is 5. The van der Waals surface area contributed by atoms with Crippen molar-refractivity contribution in [2.45, 2.75) is 39.0 Å². The predicted octanol–water partition coefficient (Wildman–Crippen LogP) is 3.77. The average molecular weight is 237 g/mol. The molecule has 2 heteroatoms. The molecule has 0 bridgehead atoms. The normalized spacial score (nSPS) is 15.1. The van der Waals surface area contributed by atoms with Gasteiger partial charge in [-0.2, -0.15) is 11.8 Å². The molecule has 0 saturated carbocycles. The second-order valence-electron chi connectivity index (χ2n) is 4.75. The van der Waals surface area contributed by atoms with Crippen LogP contribution in [0, 0.1) is 12.8 Å². The van der Waals surface area contributed by atoms with Crippen LogP contribution in [0.4, 0.5) is 0 Å². The van der Waals surface area contributed by atoms with Crippen molar-refractivity contribution in [3.8, 4) is 0 Å². The van der Waals surface area contributed by atoms with Crippen LogP contribution >= 0.6 is 11.8 Å². The first-order chi connectivity index (χ1) is 7.52. The third-order valence-corrected chi connectivity index (χ3v) is 4.69. The minimum atomic E-state index is 0.160. The second-order valence-corrected chi connectivity index (χ2v) is 6.16. The fourth-order valence-electron chi connectivity index (χ4n) is 1.54. The van der Waals surface area contributed by atoms with E-state index in [2.05, 4.69) is 52.0 Å². The number of hydrogen-bond donors (Lipinski definition) is 1. The van der Waals surface area contributed by atoms with E-state index in [1.54, 1.807) is 0 Å². The summed E-state index contributed by atoms with van der Waals surface area (Å²) >= 11 is 1.97. The van der Waals surface area contributed by atoms with Crippen LogP contribution in [0.5, 0.6) is 0 Å². The van der Waals surface area contributed by atoms with E-state index in [9.17, 15) is 0 Å². The Labute approximate surface area is 104 Å². The van der Waals surface area contributed by atoms with E-state index in [0.717, 1.165) is 5.75 Å². The van der Waals surface area contributed by atoms with Crippen LogP contribution in [0.3, 0.4) is 0 Å². The molecule has 0 aromatic heterocycles. The minimum absolute atomic E-state index is 0.160. The molecule has 2 unspecified atom stereocenters. The van der Waals surface area contributed by atoms with Gasteiger partial charge in [-0.1, -0.05) is 45.0 Å². The van der Waals surface area contributed by atoms with Gasteiger partial charge in [0.1, 0.15) is 0 Å². The van der Waals surface area contributed by atoms with Crippen LogP contribution < -0.4 is 5.73 Å². The Hall–Kier alpha value is -0.470. The van der Waals surface area contributed by atoms with Gasteiger partial charge in [-0.25, -0.2) is 0 Å². The van der Waals surface area contributed by atoms with Gasteiger partial charge < -0.3 is 5.73 Å². The van der Waals surface area contributed by atoms with Crippen LogP contribution in [0.25, 0.3) is 0 Å². The third-order valence-electron chi connectivity index (χ3n) is 3.07. The molecule has 0 saturated heterocycles. The second kappa shape index (κ2) is 6.31. The molecule has 0 heterocycles. The molecule has 16 heavy (non-hydrogen) atoms. The Kier molecular flexibility index (Phi) is 5.36. The first-order valence-electron chi connectivity index (χ1n) is 5.95. The third kappa shape index (κ3) is 3.84. The lowest BCUT2D eigenvalue weighted by atomic mass is 10.0. The zero-order valence-electron chi connectivity index (χ0n) is 10.7. The summed E-state index contributed by atoms with van der Waals surface area (Å²) in [4.78, 5) is 0. The van der Waals surface area contributed by atoms with Crippen LogP contribution in [0.1, 0.15) is 37.9 Å². The quantitative estimate of drug-likeness (QED) is 0.843. The Morgan fingerprint density at radius 1 is 1.19 bits per heavy atom. The SMILES string of the molecule is Cc1ccccc1C(N)CSC(C)C(C)C. The smallest absolute Gasteiger partial charge is 0.0389 e. The molecule has 0 spiro atoms. The highest BCUT2D eigenvalue weighted by Gasteiger charge is 2.12. The van der Waals surface area contributed by atoms with E-state index in [0.29, 0.717) is 11.2 Å². The molecule has 0 amide bonds. The highest BCUT2D eigenvalue weighted by molar-refractivity contribution is 7.99. The van der Waals surface area contributed by atoms with Crippen molar-refractivity contribution in [3.05, 3.63) is 35.4 Å². The van der Waals surface area contributed by atoms with Gasteiger partial charge in [-0.05, 0) is 24.0 Å². The van der Waals surface area contributed by atoms with Gasteiger partial charge in [-0.15, -0.1) is 0 Å². The van der Waals surface area contributed by atoms with E-state index in [1.165, 1.54) is 11.1 Å². The Bertz CT molecular complexity index is 322. The van der Waals surface area contributed by atoms with Crippen molar-refractivity contribution >= 4 is 11.8 Å². The lowest BCUT2D eigenvalue weighted by molar-refractivity contribution is 0.640. The summed E-state index contributed by atoms with van der Waals surface area (Å²) in [6.45, 7) is 8.93. The van der Waals surface area contributed by atoms with Crippen molar-refractivity contribution in [3.63, 3.8) is 0 Å². The number of benzene rings is 1. The van der Waals surface area contributed by atoms with Crippen molar-refractivity contribution in [1.29, 1.82) is 0 Å². The topological polar surface area (TPSA) is 26.0 Å². The first kappa shape index (κ1) is 13.6. The van der Waals surface area contributed by atoms with Gasteiger partial charge in [0, 0.05) is 17.0 Å². The van der Waals surface area contributed by atoms with Gasteiger partial charge in [0.25, 0.3) is 0 Å². The van der Waals surface area contributed by atoms with E-state index in [1.807, 2.05) is 11.8 Å². The van der Waals surface area contributed by atoms with Crippen molar-refractivity contribution in [1.82, 2.24) is 0 Å². The van der Waals surface area contributed by atoms with Gasteiger partial charge in [0.2, 0.25) is 0 Å². The molecule has 1 aromatic rings. The van der Waals surface area contributed by atoms with Gasteiger partial charge in [0.05, 0.1) is 0 Å². The fraction of sp³-hybridized carbons (Fsp3) is 0.571. The van der Waals surface area contributed by atoms with E-state index in [-0.39, 0.29) is 6.04 Å². The average Bonchev–Trinajstić information content (AvgIpc) is 2.25. The van der Waals surface area contributed by atoms with Crippen molar-refractivity contribution < 1.29 is 0 Å². The summed E-state index contributed by atoms with van der Waals surface area (Å²) in [5.41, 5.74) is 8.81. The van der Waals surface area contributed by atoms with Crippen LogP contribution in [0.15, 0.2) is 24.3 Å². The summed E-state index contributed by atoms with van der Waals surface area (Å²) in [5, 5.41) is 0.676. The van der Waals surface area contributed by atoms with E-state index in [4.69, 9.17) is 5.73 Å². The Morgan fingerprint density at radius 2 is 1.81 bits per heavy atom. The molecular weight excluding hydrogens is 214 g/mol. The molecule has 2 atom stereocenters. The molecule has 1 rings (SSSR count). The van der Waals surface area contributed by atoms with Crippen LogP contribution in [0.2, 0.25) is 0 Å². The molecule has 90 valence electrons. The maximum Gasteiger partial charge on any atom is 0.0389 e.